The van der Waals surface area contributed by atoms with Crippen molar-refractivity contribution in [3.05, 3.63) is 27.7 Å². The first kappa shape index (κ1) is 12.0. The van der Waals surface area contributed by atoms with Crippen molar-refractivity contribution in [3.8, 4) is 11.8 Å². The Morgan fingerprint density at radius 3 is 2.73 bits per heavy atom. The Balaban J connectivity index is 3.21. The Morgan fingerprint density at radius 2 is 2.20 bits per heavy atom. The summed E-state index contributed by atoms with van der Waals surface area (Å²) in [6.07, 6.45) is 0.557. The van der Waals surface area contributed by atoms with Crippen LogP contribution >= 0.6 is 15.9 Å². The molecule has 1 atom stereocenters. The second kappa shape index (κ2) is 5.12. The third-order valence-electron chi connectivity index (χ3n) is 2.13. The fourth-order valence-corrected chi connectivity index (χ4v) is 1.96. The molecule has 0 aliphatic heterocycles. The number of aromatic hydroxyl groups is 1. The summed E-state index contributed by atoms with van der Waals surface area (Å²) in [4.78, 5) is 0. The largest absolute Gasteiger partial charge is 0.506 e. The highest BCUT2D eigenvalue weighted by Gasteiger charge is 2.16. The van der Waals surface area contributed by atoms with Crippen LogP contribution in [-0.2, 0) is 0 Å². The van der Waals surface area contributed by atoms with Gasteiger partial charge in [-0.1, -0.05) is 15.9 Å². The van der Waals surface area contributed by atoms with Gasteiger partial charge in [0.25, 0.3) is 0 Å². The normalized spacial score (nSPS) is 12.1. The molecular weight excluding hydrogens is 258 g/mol. The molecule has 0 radical (unpaired) electrons. The van der Waals surface area contributed by atoms with E-state index >= 15 is 0 Å². The van der Waals surface area contributed by atoms with Gasteiger partial charge in [0, 0.05) is 16.1 Å². The SMILES string of the molecule is N#Cc1ccc(Br)c([C@@H](N)CCN)c1O. The maximum atomic E-state index is 9.79. The Labute approximate surface area is 96.6 Å². The van der Waals surface area contributed by atoms with Crippen molar-refractivity contribution in [1.82, 2.24) is 0 Å². The van der Waals surface area contributed by atoms with E-state index in [1.54, 1.807) is 6.07 Å². The molecule has 0 saturated heterocycles. The van der Waals surface area contributed by atoms with Crippen molar-refractivity contribution in [3.63, 3.8) is 0 Å². The third kappa shape index (κ3) is 2.48. The smallest absolute Gasteiger partial charge is 0.139 e. The highest BCUT2D eigenvalue weighted by molar-refractivity contribution is 9.10. The number of rotatable bonds is 3. The van der Waals surface area contributed by atoms with Crippen LogP contribution in [0.2, 0.25) is 0 Å². The molecule has 1 aromatic rings. The first-order chi connectivity index (χ1) is 7.11. The Hall–Kier alpha value is -1.09. The van der Waals surface area contributed by atoms with Gasteiger partial charge in [0.1, 0.15) is 11.8 Å². The molecule has 0 aliphatic carbocycles. The van der Waals surface area contributed by atoms with Crippen molar-refractivity contribution < 1.29 is 5.11 Å². The zero-order chi connectivity index (χ0) is 11.4. The lowest BCUT2D eigenvalue weighted by molar-refractivity contribution is 0.456. The fraction of sp³-hybridized carbons (Fsp3) is 0.300. The predicted molar refractivity (Wildman–Crippen MR) is 61.1 cm³/mol. The Bertz CT molecular complexity index is 400. The first-order valence-corrected chi connectivity index (χ1v) is 5.28. The van der Waals surface area contributed by atoms with E-state index < -0.39 is 0 Å². The molecule has 0 heterocycles. The zero-order valence-electron chi connectivity index (χ0n) is 8.07. The van der Waals surface area contributed by atoms with Crippen molar-refractivity contribution in [1.29, 1.82) is 5.26 Å². The van der Waals surface area contributed by atoms with Crippen LogP contribution in [0, 0.1) is 11.3 Å². The number of hydrogen-bond donors (Lipinski definition) is 3. The highest BCUT2D eigenvalue weighted by Crippen LogP contribution is 2.34. The molecule has 0 spiro atoms. The van der Waals surface area contributed by atoms with Crippen LogP contribution in [0.15, 0.2) is 16.6 Å². The number of benzene rings is 1. The molecule has 1 aromatic carbocycles. The van der Waals surface area contributed by atoms with Gasteiger partial charge in [0.15, 0.2) is 0 Å². The van der Waals surface area contributed by atoms with Gasteiger partial charge in [0.2, 0.25) is 0 Å². The summed E-state index contributed by atoms with van der Waals surface area (Å²) in [5.41, 5.74) is 12.0. The van der Waals surface area contributed by atoms with Crippen molar-refractivity contribution in [2.45, 2.75) is 12.5 Å². The van der Waals surface area contributed by atoms with E-state index in [9.17, 15) is 5.11 Å². The van der Waals surface area contributed by atoms with Gasteiger partial charge in [-0.05, 0) is 25.1 Å². The molecule has 4 nitrogen and oxygen atoms in total. The van der Waals surface area contributed by atoms with Crippen molar-refractivity contribution in [2.24, 2.45) is 11.5 Å². The average Bonchev–Trinajstić information content (AvgIpc) is 2.18. The van der Waals surface area contributed by atoms with E-state index in [0.29, 0.717) is 23.0 Å². The number of hydrogen-bond acceptors (Lipinski definition) is 4. The molecule has 0 saturated carbocycles. The summed E-state index contributed by atoms with van der Waals surface area (Å²) in [5.74, 6) is -0.0622. The number of halogens is 1. The van der Waals surface area contributed by atoms with Crippen LogP contribution in [0.25, 0.3) is 0 Å². The molecule has 0 amide bonds. The van der Waals surface area contributed by atoms with Gasteiger partial charge in [-0.2, -0.15) is 5.26 Å². The zero-order valence-corrected chi connectivity index (χ0v) is 9.66. The first-order valence-electron chi connectivity index (χ1n) is 4.49. The monoisotopic (exact) mass is 269 g/mol. The molecule has 0 aromatic heterocycles. The number of phenolic OH excluding ortho intramolecular Hbond substituents is 1. The lowest BCUT2D eigenvalue weighted by Gasteiger charge is -2.15. The summed E-state index contributed by atoms with van der Waals surface area (Å²) in [7, 11) is 0. The number of nitrogens with zero attached hydrogens (tertiary/aromatic N) is 1. The maximum Gasteiger partial charge on any atom is 0.139 e. The van der Waals surface area contributed by atoms with E-state index in [1.165, 1.54) is 6.07 Å². The Kier molecular flexibility index (Phi) is 4.09. The molecule has 0 bridgehead atoms. The van der Waals surface area contributed by atoms with Gasteiger partial charge in [0.05, 0.1) is 5.56 Å². The quantitative estimate of drug-likeness (QED) is 0.772. The van der Waals surface area contributed by atoms with E-state index in [1.807, 2.05) is 6.07 Å². The summed E-state index contributed by atoms with van der Waals surface area (Å²) in [5, 5.41) is 18.5. The molecular formula is C10H12BrN3O. The minimum atomic E-state index is -0.363. The van der Waals surface area contributed by atoms with Gasteiger partial charge >= 0.3 is 0 Å². The number of nitrogens with two attached hydrogens (primary N) is 2. The van der Waals surface area contributed by atoms with Gasteiger partial charge in [-0.3, -0.25) is 0 Å². The van der Waals surface area contributed by atoms with Crippen LogP contribution in [0.1, 0.15) is 23.6 Å². The fourth-order valence-electron chi connectivity index (χ4n) is 1.35. The van der Waals surface area contributed by atoms with Gasteiger partial charge in [-0.15, -0.1) is 0 Å². The van der Waals surface area contributed by atoms with E-state index in [2.05, 4.69) is 15.9 Å². The average molecular weight is 270 g/mol. The molecule has 5 N–H and O–H groups in total. The van der Waals surface area contributed by atoms with Crippen LogP contribution < -0.4 is 11.5 Å². The predicted octanol–water partition coefficient (Wildman–Crippen LogP) is 1.37. The maximum absolute atomic E-state index is 9.79. The lowest BCUT2D eigenvalue weighted by Crippen LogP contribution is -2.16. The molecule has 80 valence electrons. The van der Waals surface area contributed by atoms with Crippen molar-refractivity contribution in [2.75, 3.05) is 6.54 Å². The summed E-state index contributed by atoms with van der Waals surface area (Å²) >= 11 is 3.29. The second-order valence-corrected chi connectivity index (χ2v) is 4.01. The molecule has 0 fully saturated rings. The lowest BCUT2D eigenvalue weighted by atomic mass is 10.0. The summed E-state index contributed by atoms with van der Waals surface area (Å²) in [6, 6.07) is 4.78. The van der Waals surface area contributed by atoms with Crippen LogP contribution in [-0.4, -0.2) is 11.7 Å². The van der Waals surface area contributed by atoms with Crippen LogP contribution in [0.4, 0.5) is 0 Å². The van der Waals surface area contributed by atoms with Crippen LogP contribution in [0.3, 0.4) is 0 Å². The standard InChI is InChI=1S/C10H12BrN3O/c11-7-2-1-6(5-13)10(15)9(7)8(14)3-4-12/h1-2,8,15H,3-4,12,14H2/t8-/m0/s1. The molecule has 0 aliphatic rings. The van der Waals surface area contributed by atoms with Crippen LogP contribution in [0.5, 0.6) is 5.75 Å². The van der Waals surface area contributed by atoms with E-state index in [0.717, 1.165) is 0 Å². The topological polar surface area (TPSA) is 96.1 Å². The molecule has 1 rings (SSSR count). The second-order valence-electron chi connectivity index (χ2n) is 3.15. The summed E-state index contributed by atoms with van der Waals surface area (Å²) in [6.45, 7) is 0.434. The van der Waals surface area contributed by atoms with E-state index in [-0.39, 0.29) is 17.4 Å². The molecule has 0 unspecified atom stereocenters. The van der Waals surface area contributed by atoms with E-state index in [4.69, 9.17) is 16.7 Å². The van der Waals surface area contributed by atoms with Gasteiger partial charge < -0.3 is 16.6 Å². The third-order valence-corrected chi connectivity index (χ3v) is 2.82. The minimum absolute atomic E-state index is 0.0622. The molecule has 15 heavy (non-hydrogen) atoms. The van der Waals surface area contributed by atoms with Crippen molar-refractivity contribution >= 4 is 15.9 Å². The summed E-state index contributed by atoms with van der Waals surface area (Å²) < 4.78 is 0.694. The highest BCUT2D eigenvalue weighted by atomic mass is 79.9. The Morgan fingerprint density at radius 1 is 1.53 bits per heavy atom. The molecule has 5 heteroatoms. The number of phenols is 1. The number of nitriles is 1. The minimum Gasteiger partial charge on any atom is -0.506 e. The van der Waals surface area contributed by atoms with Gasteiger partial charge in [-0.25, -0.2) is 0 Å².